The minimum Gasteiger partial charge on any atom is -0.319 e. The Balaban J connectivity index is 4.42. The third-order valence-corrected chi connectivity index (χ3v) is 4.52. The van der Waals surface area contributed by atoms with Crippen molar-refractivity contribution in [3.05, 3.63) is 0 Å². The fourth-order valence-corrected chi connectivity index (χ4v) is 2.55. The van der Waals surface area contributed by atoms with Crippen LogP contribution in [0.25, 0.3) is 0 Å². The number of nitrogens with zero attached hydrogens (tertiary/aromatic N) is 1. The lowest BCUT2D eigenvalue weighted by atomic mass is 10.1. The number of rotatable bonds is 6. The van der Waals surface area contributed by atoms with Crippen molar-refractivity contribution < 1.29 is 8.42 Å². The summed E-state index contributed by atoms with van der Waals surface area (Å²) in [6.07, 6.45) is 0. The summed E-state index contributed by atoms with van der Waals surface area (Å²) < 4.78 is 24.9. The molecular weight excluding hydrogens is 200 g/mol. The lowest BCUT2D eigenvalue weighted by Gasteiger charge is -2.27. The zero-order valence-corrected chi connectivity index (χ0v) is 10.6. The summed E-state index contributed by atoms with van der Waals surface area (Å²) in [6, 6.07) is 0.0526. The van der Waals surface area contributed by atoms with Crippen LogP contribution in [0.4, 0.5) is 0 Å². The molecule has 0 aliphatic rings. The van der Waals surface area contributed by atoms with E-state index in [1.54, 1.807) is 14.1 Å². The summed E-state index contributed by atoms with van der Waals surface area (Å²) in [4.78, 5) is 0. The minimum atomic E-state index is -3.10. The molecule has 0 spiro atoms. The van der Waals surface area contributed by atoms with Crippen molar-refractivity contribution in [2.45, 2.75) is 26.8 Å². The molecule has 86 valence electrons. The van der Waals surface area contributed by atoms with Gasteiger partial charge < -0.3 is 5.32 Å². The zero-order chi connectivity index (χ0) is 11.4. The third kappa shape index (κ3) is 3.94. The van der Waals surface area contributed by atoms with Crippen molar-refractivity contribution in [1.29, 1.82) is 0 Å². The first-order valence-corrected chi connectivity index (χ1v) is 6.54. The highest BCUT2D eigenvalue weighted by atomic mass is 32.2. The van der Waals surface area contributed by atoms with E-state index < -0.39 is 10.0 Å². The van der Waals surface area contributed by atoms with Gasteiger partial charge in [-0.25, -0.2) is 12.7 Å². The van der Waals surface area contributed by atoms with E-state index in [0.29, 0.717) is 12.5 Å². The standard InChI is InChI=1S/C9H22N2O2S/c1-8(2)9(3)11(5)14(12,13)7-6-10-4/h8-10H,6-7H2,1-5H3. The Morgan fingerprint density at radius 2 is 1.79 bits per heavy atom. The first-order chi connectivity index (χ1) is 6.33. The van der Waals surface area contributed by atoms with E-state index >= 15 is 0 Å². The molecule has 4 nitrogen and oxygen atoms in total. The van der Waals surface area contributed by atoms with Crippen LogP contribution in [0.2, 0.25) is 0 Å². The Hall–Kier alpha value is -0.130. The Morgan fingerprint density at radius 1 is 1.29 bits per heavy atom. The van der Waals surface area contributed by atoms with E-state index in [2.05, 4.69) is 5.32 Å². The normalized spacial score (nSPS) is 15.1. The van der Waals surface area contributed by atoms with Gasteiger partial charge in [0.05, 0.1) is 5.75 Å². The molecule has 0 heterocycles. The average molecular weight is 222 g/mol. The monoisotopic (exact) mass is 222 g/mol. The smallest absolute Gasteiger partial charge is 0.215 e. The average Bonchev–Trinajstić information content (AvgIpc) is 2.12. The molecule has 1 N–H and O–H groups in total. The highest BCUT2D eigenvalue weighted by Gasteiger charge is 2.24. The minimum absolute atomic E-state index is 0.0526. The highest BCUT2D eigenvalue weighted by Crippen LogP contribution is 2.12. The number of hydrogen-bond acceptors (Lipinski definition) is 3. The predicted octanol–water partition coefficient (Wildman–Crippen LogP) is 0.512. The molecule has 0 aromatic rings. The Morgan fingerprint density at radius 3 is 2.14 bits per heavy atom. The van der Waals surface area contributed by atoms with E-state index in [9.17, 15) is 8.42 Å². The molecule has 0 amide bonds. The topological polar surface area (TPSA) is 49.4 Å². The molecule has 0 fully saturated rings. The van der Waals surface area contributed by atoms with Gasteiger partial charge in [-0.05, 0) is 19.9 Å². The molecule has 0 rings (SSSR count). The van der Waals surface area contributed by atoms with E-state index in [-0.39, 0.29) is 11.8 Å². The fraction of sp³-hybridized carbons (Fsp3) is 1.00. The summed E-state index contributed by atoms with van der Waals surface area (Å²) in [5.74, 6) is 0.501. The molecule has 0 saturated carbocycles. The zero-order valence-electron chi connectivity index (χ0n) is 9.74. The van der Waals surface area contributed by atoms with Gasteiger partial charge in [0, 0.05) is 19.6 Å². The van der Waals surface area contributed by atoms with Gasteiger partial charge in [-0.1, -0.05) is 13.8 Å². The number of nitrogens with one attached hydrogen (secondary N) is 1. The second-order valence-corrected chi connectivity index (χ2v) is 6.07. The van der Waals surface area contributed by atoms with Gasteiger partial charge in [-0.2, -0.15) is 0 Å². The molecule has 0 aliphatic heterocycles. The van der Waals surface area contributed by atoms with Gasteiger partial charge in [0.25, 0.3) is 0 Å². The van der Waals surface area contributed by atoms with E-state index in [0.717, 1.165) is 0 Å². The third-order valence-electron chi connectivity index (χ3n) is 2.59. The van der Waals surface area contributed by atoms with Gasteiger partial charge in [0.15, 0.2) is 0 Å². The summed E-state index contributed by atoms with van der Waals surface area (Å²) in [5, 5.41) is 2.84. The van der Waals surface area contributed by atoms with Crippen LogP contribution in [0, 0.1) is 5.92 Å². The van der Waals surface area contributed by atoms with E-state index in [1.165, 1.54) is 4.31 Å². The quantitative estimate of drug-likeness (QED) is 0.712. The maximum atomic E-state index is 11.7. The largest absolute Gasteiger partial charge is 0.319 e. The van der Waals surface area contributed by atoms with Gasteiger partial charge in [0.1, 0.15) is 0 Å². The second-order valence-electron chi connectivity index (χ2n) is 3.92. The second kappa shape index (κ2) is 5.68. The molecule has 5 heteroatoms. The van der Waals surface area contributed by atoms with Crippen molar-refractivity contribution in [2.75, 3.05) is 26.4 Å². The van der Waals surface area contributed by atoms with Crippen molar-refractivity contribution >= 4 is 10.0 Å². The molecule has 0 aliphatic carbocycles. The highest BCUT2D eigenvalue weighted by molar-refractivity contribution is 7.89. The van der Waals surface area contributed by atoms with Gasteiger partial charge in [0.2, 0.25) is 10.0 Å². The Labute approximate surface area is 87.7 Å². The summed E-state index contributed by atoms with van der Waals surface area (Å²) in [7, 11) is 0.304. The first kappa shape index (κ1) is 13.9. The van der Waals surface area contributed by atoms with Gasteiger partial charge in [-0.3, -0.25) is 0 Å². The Bertz CT molecular complexity index is 250. The predicted molar refractivity (Wildman–Crippen MR) is 59.8 cm³/mol. The van der Waals surface area contributed by atoms with Crippen molar-refractivity contribution in [3.63, 3.8) is 0 Å². The summed E-state index contributed by atoms with van der Waals surface area (Å²) in [6.45, 7) is 6.47. The molecule has 1 atom stereocenters. The van der Waals surface area contributed by atoms with Crippen LogP contribution >= 0.6 is 0 Å². The molecule has 0 bridgehead atoms. The molecular formula is C9H22N2O2S. The van der Waals surface area contributed by atoms with Crippen LogP contribution in [0.1, 0.15) is 20.8 Å². The lowest BCUT2D eigenvalue weighted by Crippen LogP contribution is -2.41. The van der Waals surface area contributed by atoms with Gasteiger partial charge in [-0.15, -0.1) is 0 Å². The maximum absolute atomic E-state index is 11.7. The van der Waals surface area contributed by atoms with Crippen LogP contribution in [-0.2, 0) is 10.0 Å². The van der Waals surface area contributed by atoms with Gasteiger partial charge >= 0.3 is 0 Å². The van der Waals surface area contributed by atoms with Crippen LogP contribution in [-0.4, -0.2) is 45.2 Å². The maximum Gasteiger partial charge on any atom is 0.215 e. The molecule has 0 saturated heterocycles. The van der Waals surface area contributed by atoms with Crippen LogP contribution < -0.4 is 5.32 Å². The number of hydrogen-bond donors (Lipinski definition) is 1. The Kier molecular flexibility index (Phi) is 5.63. The summed E-state index contributed by atoms with van der Waals surface area (Å²) >= 11 is 0. The van der Waals surface area contributed by atoms with E-state index in [1.807, 2.05) is 20.8 Å². The van der Waals surface area contributed by atoms with Crippen molar-refractivity contribution in [2.24, 2.45) is 5.92 Å². The van der Waals surface area contributed by atoms with Crippen LogP contribution in [0.5, 0.6) is 0 Å². The molecule has 1 unspecified atom stereocenters. The van der Waals surface area contributed by atoms with Crippen molar-refractivity contribution in [3.8, 4) is 0 Å². The van der Waals surface area contributed by atoms with Crippen molar-refractivity contribution in [1.82, 2.24) is 9.62 Å². The van der Waals surface area contributed by atoms with Crippen LogP contribution in [0.3, 0.4) is 0 Å². The molecule has 0 aromatic heterocycles. The molecule has 0 aromatic carbocycles. The molecule has 14 heavy (non-hydrogen) atoms. The number of sulfonamides is 1. The van der Waals surface area contributed by atoms with E-state index in [4.69, 9.17) is 0 Å². The fourth-order valence-electron chi connectivity index (χ4n) is 1.05. The lowest BCUT2D eigenvalue weighted by molar-refractivity contribution is 0.315. The van der Waals surface area contributed by atoms with Crippen LogP contribution in [0.15, 0.2) is 0 Å². The summed E-state index contributed by atoms with van der Waals surface area (Å²) in [5.41, 5.74) is 0. The SMILES string of the molecule is CNCCS(=O)(=O)N(C)C(C)C(C)C. The first-order valence-electron chi connectivity index (χ1n) is 4.93. The molecule has 0 radical (unpaired) electrons.